The van der Waals surface area contributed by atoms with Crippen molar-refractivity contribution in [1.82, 2.24) is 5.32 Å². The van der Waals surface area contributed by atoms with E-state index in [1.807, 2.05) is 0 Å². The molecule has 1 saturated carbocycles. The van der Waals surface area contributed by atoms with Gasteiger partial charge in [-0.3, -0.25) is 0 Å². The molecule has 1 rings (SSSR count). The molecule has 0 radical (unpaired) electrons. The molecular formula is C11H24N2. The molecule has 2 heteroatoms. The maximum atomic E-state index is 5.58. The first-order valence-electron chi connectivity index (χ1n) is 5.76. The number of hydrogen-bond donors (Lipinski definition) is 2. The van der Waals surface area contributed by atoms with Gasteiger partial charge in [0.15, 0.2) is 0 Å². The van der Waals surface area contributed by atoms with Gasteiger partial charge in [0.25, 0.3) is 0 Å². The highest BCUT2D eigenvalue weighted by atomic mass is 14.9. The van der Waals surface area contributed by atoms with Crippen molar-refractivity contribution in [2.24, 2.45) is 11.7 Å². The number of nitrogens with one attached hydrogen (secondary N) is 1. The van der Waals surface area contributed by atoms with E-state index in [4.69, 9.17) is 5.73 Å². The lowest BCUT2D eigenvalue weighted by molar-refractivity contribution is 0.416. The Labute approximate surface area is 82.3 Å². The van der Waals surface area contributed by atoms with E-state index in [0.29, 0.717) is 5.92 Å². The molecule has 2 nitrogen and oxygen atoms in total. The Balaban J connectivity index is 2.11. The smallest absolute Gasteiger partial charge is 0.00671 e. The minimum atomic E-state index is 0.628. The molecule has 0 aromatic heterocycles. The van der Waals surface area contributed by atoms with E-state index in [0.717, 1.165) is 19.1 Å². The Morgan fingerprint density at radius 2 is 1.85 bits per heavy atom. The average Bonchev–Trinajstić information content (AvgIpc) is 2.42. The summed E-state index contributed by atoms with van der Waals surface area (Å²) in [7, 11) is 0. The SMILES string of the molecule is CC(CN)CNC1CCCCCC1. The molecule has 0 aliphatic heterocycles. The van der Waals surface area contributed by atoms with Gasteiger partial charge in [-0.1, -0.05) is 32.6 Å². The molecule has 13 heavy (non-hydrogen) atoms. The van der Waals surface area contributed by atoms with Gasteiger partial charge in [0.05, 0.1) is 0 Å². The van der Waals surface area contributed by atoms with Crippen molar-refractivity contribution in [3.05, 3.63) is 0 Å². The lowest BCUT2D eigenvalue weighted by atomic mass is 10.1. The minimum Gasteiger partial charge on any atom is -0.330 e. The van der Waals surface area contributed by atoms with Crippen LogP contribution in [0.25, 0.3) is 0 Å². The highest BCUT2D eigenvalue weighted by molar-refractivity contribution is 4.71. The molecule has 1 fully saturated rings. The molecule has 1 atom stereocenters. The van der Waals surface area contributed by atoms with Crippen LogP contribution in [0.1, 0.15) is 45.4 Å². The molecule has 1 aliphatic carbocycles. The second kappa shape index (κ2) is 6.39. The maximum absolute atomic E-state index is 5.58. The van der Waals surface area contributed by atoms with Crippen molar-refractivity contribution in [2.75, 3.05) is 13.1 Å². The van der Waals surface area contributed by atoms with Gasteiger partial charge < -0.3 is 11.1 Å². The molecule has 0 bridgehead atoms. The molecule has 0 saturated heterocycles. The summed E-state index contributed by atoms with van der Waals surface area (Å²) in [5.41, 5.74) is 5.58. The third-order valence-electron chi connectivity index (χ3n) is 3.01. The Kier molecular flexibility index (Phi) is 5.40. The molecule has 0 aromatic carbocycles. The number of rotatable bonds is 4. The van der Waals surface area contributed by atoms with E-state index in [1.54, 1.807) is 0 Å². The first kappa shape index (κ1) is 11.0. The normalized spacial score (nSPS) is 22.6. The van der Waals surface area contributed by atoms with Crippen LogP contribution in [0.15, 0.2) is 0 Å². The van der Waals surface area contributed by atoms with Crippen molar-refractivity contribution in [3.8, 4) is 0 Å². The van der Waals surface area contributed by atoms with Gasteiger partial charge in [0.2, 0.25) is 0 Å². The summed E-state index contributed by atoms with van der Waals surface area (Å²) in [5.74, 6) is 0.628. The summed E-state index contributed by atoms with van der Waals surface area (Å²) < 4.78 is 0. The van der Waals surface area contributed by atoms with Crippen molar-refractivity contribution in [3.63, 3.8) is 0 Å². The van der Waals surface area contributed by atoms with E-state index in [2.05, 4.69) is 12.2 Å². The van der Waals surface area contributed by atoms with Crippen LogP contribution in [0, 0.1) is 5.92 Å². The maximum Gasteiger partial charge on any atom is 0.00671 e. The molecule has 0 amide bonds. The summed E-state index contributed by atoms with van der Waals surface area (Å²) in [4.78, 5) is 0. The standard InChI is InChI=1S/C11H24N2/c1-10(8-12)9-13-11-6-4-2-3-5-7-11/h10-11,13H,2-9,12H2,1H3. The van der Waals surface area contributed by atoms with E-state index in [-0.39, 0.29) is 0 Å². The van der Waals surface area contributed by atoms with E-state index >= 15 is 0 Å². The number of nitrogens with two attached hydrogens (primary N) is 1. The van der Waals surface area contributed by atoms with Crippen LogP contribution in [-0.4, -0.2) is 19.1 Å². The van der Waals surface area contributed by atoms with Crippen LogP contribution in [0.2, 0.25) is 0 Å². The molecule has 1 aliphatic rings. The van der Waals surface area contributed by atoms with Crippen molar-refractivity contribution in [1.29, 1.82) is 0 Å². The van der Waals surface area contributed by atoms with Crippen LogP contribution in [0.3, 0.4) is 0 Å². The fourth-order valence-corrected chi connectivity index (χ4v) is 1.93. The zero-order chi connectivity index (χ0) is 9.52. The molecule has 0 spiro atoms. The Morgan fingerprint density at radius 3 is 2.38 bits per heavy atom. The molecule has 3 N–H and O–H groups in total. The van der Waals surface area contributed by atoms with Gasteiger partial charge in [-0.25, -0.2) is 0 Å². The molecule has 0 heterocycles. The average molecular weight is 184 g/mol. The van der Waals surface area contributed by atoms with Crippen LogP contribution >= 0.6 is 0 Å². The second-order valence-corrected chi connectivity index (χ2v) is 4.44. The van der Waals surface area contributed by atoms with Crippen molar-refractivity contribution < 1.29 is 0 Å². The predicted octanol–water partition coefficient (Wildman–Crippen LogP) is 1.89. The molecule has 78 valence electrons. The zero-order valence-corrected chi connectivity index (χ0v) is 8.89. The summed E-state index contributed by atoms with van der Waals surface area (Å²) in [6.45, 7) is 4.12. The molecular weight excluding hydrogens is 160 g/mol. The highest BCUT2D eigenvalue weighted by Gasteiger charge is 2.11. The minimum absolute atomic E-state index is 0.628. The highest BCUT2D eigenvalue weighted by Crippen LogP contribution is 2.17. The summed E-state index contributed by atoms with van der Waals surface area (Å²) in [6.07, 6.45) is 8.44. The fourth-order valence-electron chi connectivity index (χ4n) is 1.93. The summed E-state index contributed by atoms with van der Waals surface area (Å²) >= 11 is 0. The zero-order valence-electron chi connectivity index (χ0n) is 8.89. The molecule has 0 aromatic rings. The lowest BCUT2D eigenvalue weighted by Crippen LogP contribution is -2.34. The number of hydrogen-bond acceptors (Lipinski definition) is 2. The third kappa shape index (κ3) is 4.63. The topological polar surface area (TPSA) is 38.0 Å². The largest absolute Gasteiger partial charge is 0.330 e. The second-order valence-electron chi connectivity index (χ2n) is 4.44. The van der Waals surface area contributed by atoms with Gasteiger partial charge in [-0.2, -0.15) is 0 Å². The van der Waals surface area contributed by atoms with Gasteiger partial charge in [0, 0.05) is 6.04 Å². The van der Waals surface area contributed by atoms with Crippen LogP contribution in [-0.2, 0) is 0 Å². The van der Waals surface area contributed by atoms with Crippen molar-refractivity contribution >= 4 is 0 Å². The quantitative estimate of drug-likeness (QED) is 0.655. The van der Waals surface area contributed by atoms with Gasteiger partial charge >= 0.3 is 0 Å². The third-order valence-corrected chi connectivity index (χ3v) is 3.01. The van der Waals surface area contributed by atoms with Gasteiger partial charge in [0.1, 0.15) is 0 Å². The van der Waals surface area contributed by atoms with Crippen LogP contribution in [0.5, 0.6) is 0 Å². The summed E-state index contributed by atoms with van der Waals surface area (Å²) in [5, 5.41) is 3.63. The summed E-state index contributed by atoms with van der Waals surface area (Å²) in [6, 6.07) is 0.775. The van der Waals surface area contributed by atoms with Gasteiger partial charge in [-0.15, -0.1) is 0 Å². The Morgan fingerprint density at radius 1 is 1.23 bits per heavy atom. The van der Waals surface area contributed by atoms with Crippen LogP contribution < -0.4 is 11.1 Å². The van der Waals surface area contributed by atoms with Crippen LogP contribution in [0.4, 0.5) is 0 Å². The monoisotopic (exact) mass is 184 g/mol. The Hall–Kier alpha value is -0.0800. The van der Waals surface area contributed by atoms with Crippen molar-refractivity contribution in [2.45, 2.75) is 51.5 Å². The first-order valence-corrected chi connectivity index (χ1v) is 5.76. The van der Waals surface area contributed by atoms with E-state index in [1.165, 1.54) is 38.5 Å². The fraction of sp³-hybridized carbons (Fsp3) is 1.00. The predicted molar refractivity (Wildman–Crippen MR) is 57.7 cm³/mol. The lowest BCUT2D eigenvalue weighted by Gasteiger charge is -2.18. The van der Waals surface area contributed by atoms with Gasteiger partial charge in [-0.05, 0) is 31.8 Å². The first-order chi connectivity index (χ1) is 6.33. The van der Waals surface area contributed by atoms with E-state index < -0.39 is 0 Å². The van der Waals surface area contributed by atoms with E-state index in [9.17, 15) is 0 Å². The Bertz CT molecular complexity index is 117. The molecule has 1 unspecified atom stereocenters.